The van der Waals surface area contributed by atoms with Gasteiger partial charge in [0, 0.05) is 6.20 Å². The lowest BCUT2D eigenvalue weighted by Gasteiger charge is -1.99. The monoisotopic (exact) mass is 261 g/mol. The molecule has 0 aliphatic rings. The second kappa shape index (κ2) is 6.61. The van der Waals surface area contributed by atoms with Crippen LogP contribution in [-0.2, 0) is 4.79 Å². The van der Waals surface area contributed by atoms with E-state index >= 15 is 0 Å². The number of furan rings is 1. The molecule has 0 spiro atoms. The number of aromatic nitrogens is 1. The highest BCUT2D eigenvalue weighted by atomic mass is 32.2. The number of thioether (sulfide) groups is 1. The van der Waals surface area contributed by atoms with Gasteiger partial charge in [0.05, 0.1) is 23.3 Å². The van der Waals surface area contributed by atoms with Crippen LogP contribution in [0.4, 0.5) is 0 Å². The van der Waals surface area contributed by atoms with Gasteiger partial charge in [-0.05, 0) is 24.3 Å². The molecule has 92 valence electrons. The molecular formula is C12H11N3O2S. The fraction of sp³-hybridized carbons (Fsp3) is 0.0833. The standard InChI is InChI=1S/C12H11N3O2S/c16-11(9-18-12-5-1-2-6-13-12)15-14-8-10-4-3-7-17-10/h1-8H,9H2,(H,15,16)/b14-8-. The van der Waals surface area contributed by atoms with E-state index in [4.69, 9.17) is 4.42 Å². The van der Waals surface area contributed by atoms with Crippen molar-refractivity contribution in [2.45, 2.75) is 5.03 Å². The first kappa shape index (κ1) is 12.4. The predicted molar refractivity (Wildman–Crippen MR) is 69.4 cm³/mol. The summed E-state index contributed by atoms with van der Waals surface area (Å²) in [6, 6.07) is 9.06. The van der Waals surface area contributed by atoms with E-state index in [2.05, 4.69) is 15.5 Å². The van der Waals surface area contributed by atoms with E-state index in [0.29, 0.717) is 5.76 Å². The summed E-state index contributed by atoms with van der Waals surface area (Å²) in [5, 5.41) is 4.58. The Morgan fingerprint density at radius 2 is 2.39 bits per heavy atom. The highest BCUT2D eigenvalue weighted by molar-refractivity contribution is 7.99. The number of carbonyl (C=O) groups is 1. The van der Waals surface area contributed by atoms with Crippen molar-refractivity contribution in [1.82, 2.24) is 10.4 Å². The van der Waals surface area contributed by atoms with Crippen LogP contribution >= 0.6 is 11.8 Å². The molecule has 1 N–H and O–H groups in total. The first-order valence-corrected chi connectivity index (χ1v) is 6.22. The van der Waals surface area contributed by atoms with Gasteiger partial charge in [0.1, 0.15) is 5.76 Å². The summed E-state index contributed by atoms with van der Waals surface area (Å²) >= 11 is 1.36. The average Bonchev–Trinajstić information content (AvgIpc) is 2.91. The topological polar surface area (TPSA) is 67.5 Å². The summed E-state index contributed by atoms with van der Waals surface area (Å²) in [6.45, 7) is 0. The Balaban J connectivity index is 1.73. The van der Waals surface area contributed by atoms with Crippen molar-refractivity contribution in [1.29, 1.82) is 0 Å². The van der Waals surface area contributed by atoms with Gasteiger partial charge in [-0.1, -0.05) is 17.8 Å². The van der Waals surface area contributed by atoms with E-state index in [-0.39, 0.29) is 11.7 Å². The fourth-order valence-corrected chi connectivity index (χ4v) is 1.79. The maximum Gasteiger partial charge on any atom is 0.250 e. The Kier molecular flexibility index (Phi) is 4.54. The van der Waals surface area contributed by atoms with Crippen LogP contribution in [0.3, 0.4) is 0 Å². The number of hydrogen-bond donors (Lipinski definition) is 1. The fourth-order valence-electron chi connectivity index (χ4n) is 1.14. The quantitative estimate of drug-likeness (QED) is 0.507. The molecule has 0 fully saturated rings. The second-order valence-corrected chi connectivity index (χ2v) is 4.26. The number of pyridine rings is 1. The van der Waals surface area contributed by atoms with Crippen molar-refractivity contribution in [2.75, 3.05) is 5.75 Å². The van der Waals surface area contributed by atoms with Gasteiger partial charge >= 0.3 is 0 Å². The molecule has 18 heavy (non-hydrogen) atoms. The van der Waals surface area contributed by atoms with Gasteiger partial charge in [0.15, 0.2) is 0 Å². The highest BCUT2D eigenvalue weighted by Crippen LogP contribution is 2.12. The molecule has 0 aliphatic heterocycles. The van der Waals surface area contributed by atoms with E-state index in [1.807, 2.05) is 18.2 Å². The number of amides is 1. The second-order valence-electron chi connectivity index (χ2n) is 3.27. The van der Waals surface area contributed by atoms with Crippen LogP contribution in [0.25, 0.3) is 0 Å². The molecule has 0 unspecified atom stereocenters. The van der Waals surface area contributed by atoms with Gasteiger partial charge in [0.2, 0.25) is 5.91 Å². The molecule has 2 aromatic heterocycles. The van der Waals surface area contributed by atoms with E-state index in [1.54, 1.807) is 24.6 Å². The molecular weight excluding hydrogens is 250 g/mol. The molecule has 1 amide bonds. The Labute approximate surface area is 108 Å². The number of rotatable bonds is 5. The van der Waals surface area contributed by atoms with Crippen LogP contribution in [0.2, 0.25) is 0 Å². The largest absolute Gasteiger partial charge is 0.463 e. The molecule has 6 heteroatoms. The van der Waals surface area contributed by atoms with Gasteiger partial charge in [0.25, 0.3) is 0 Å². The summed E-state index contributed by atoms with van der Waals surface area (Å²) in [7, 11) is 0. The maximum atomic E-state index is 11.4. The molecule has 0 aromatic carbocycles. The minimum absolute atomic E-state index is 0.187. The SMILES string of the molecule is O=C(CSc1ccccn1)N/N=C\c1ccco1. The number of nitrogens with one attached hydrogen (secondary N) is 1. The summed E-state index contributed by atoms with van der Waals surface area (Å²) in [6.07, 6.45) is 4.68. The predicted octanol–water partition coefficient (Wildman–Crippen LogP) is 1.92. The van der Waals surface area contributed by atoms with Crippen LogP contribution in [-0.4, -0.2) is 22.9 Å². The van der Waals surface area contributed by atoms with Crippen LogP contribution < -0.4 is 5.43 Å². The normalized spacial score (nSPS) is 10.7. The third-order valence-electron chi connectivity index (χ3n) is 1.91. The van der Waals surface area contributed by atoms with Crippen LogP contribution in [0, 0.1) is 0 Å². The first-order chi connectivity index (χ1) is 8.84. The lowest BCUT2D eigenvalue weighted by atomic mass is 10.5. The molecule has 2 heterocycles. The Bertz CT molecular complexity index is 511. The highest BCUT2D eigenvalue weighted by Gasteiger charge is 2.01. The molecule has 2 rings (SSSR count). The van der Waals surface area contributed by atoms with Gasteiger partial charge in [-0.3, -0.25) is 4.79 Å². The number of nitrogens with zero attached hydrogens (tertiary/aromatic N) is 2. The van der Waals surface area contributed by atoms with Gasteiger partial charge in [-0.25, -0.2) is 10.4 Å². The van der Waals surface area contributed by atoms with Crippen molar-refractivity contribution >= 4 is 23.9 Å². The van der Waals surface area contributed by atoms with Crippen molar-refractivity contribution in [3.63, 3.8) is 0 Å². The molecule has 2 aromatic rings. The molecule has 5 nitrogen and oxygen atoms in total. The van der Waals surface area contributed by atoms with Crippen molar-refractivity contribution < 1.29 is 9.21 Å². The third-order valence-corrected chi connectivity index (χ3v) is 2.86. The van der Waals surface area contributed by atoms with Crippen LogP contribution in [0.1, 0.15) is 5.76 Å². The number of hydrogen-bond acceptors (Lipinski definition) is 5. The summed E-state index contributed by atoms with van der Waals surface area (Å²) in [4.78, 5) is 15.5. The van der Waals surface area contributed by atoms with Crippen molar-refractivity contribution in [2.24, 2.45) is 5.10 Å². The van der Waals surface area contributed by atoms with Crippen molar-refractivity contribution in [3.8, 4) is 0 Å². The molecule has 0 saturated heterocycles. The minimum Gasteiger partial charge on any atom is -0.463 e. The Morgan fingerprint density at radius 1 is 1.44 bits per heavy atom. The number of carbonyl (C=O) groups excluding carboxylic acids is 1. The summed E-state index contributed by atoms with van der Waals surface area (Å²) in [5.74, 6) is 0.674. The molecule has 0 aliphatic carbocycles. The number of hydrazone groups is 1. The van der Waals surface area contributed by atoms with Gasteiger partial charge < -0.3 is 4.42 Å². The summed E-state index contributed by atoms with van der Waals surface area (Å²) in [5.41, 5.74) is 2.41. The van der Waals surface area contributed by atoms with Gasteiger partial charge in [-0.15, -0.1) is 0 Å². The molecule has 0 saturated carbocycles. The van der Waals surface area contributed by atoms with E-state index < -0.39 is 0 Å². The maximum absolute atomic E-state index is 11.4. The lowest BCUT2D eigenvalue weighted by molar-refractivity contribution is -0.118. The van der Waals surface area contributed by atoms with E-state index in [0.717, 1.165) is 5.03 Å². The van der Waals surface area contributed by atoms with Crippen LogP contribution in [0.15, 0.2) is 57.3 Å². The van der Waals surface area contributed by atoms with Crippen molar-refractivity contribution in [3.05, 3.63) is 48.6 Å². The lowest BCUT2D eigenvalue weighted by Crippen LogP contribution is -2.19. The Hall–Kier alpha value is -2.08. The molecule has 0 atom stereocenters. The van der Waals surface area contributed by atoms with Gasteiger partial charge in [-0.2, -0.15) is 5.10 Å². The molecule has 0 bridgehead atoms. The summed E-state index contributed by atoms with van der Waals surface area (Å²) < 4.78 is 5.03. The zero-order chi connectivity index (χ0) is 12.6. The minimum atomic E-state index is -0.187. The van der Waals surface area contributed by atoms with E-state index in [1.165, 1.54) is 18.0 Å². The smallest absolute Gasteiger partial charge is 0.250 e. The third kappa shape index (κ3) is 4.06. The zero-order valence-electron chi connectivity index (χ0n) is 9.45. The Morgan fingerprint density at radius 3 is 3.11 bits per heavy atom. The zero-order valence-corrected chi connectivity index (χ0v) is 10.3. The first-order valence-electron chi connectivity index (χ1n) is 5.24. The average molecular weight is 261 g/mol. The molecule has 0 radical (unpaired) electrons. The van der Waals surface area contributed by atoms with E-state index in [9.17, 15) is 4.79 Å². The van der Waals surface area contributed by atoms with Crippen LogP contribution in [0.5, 0.6) is 0 Å².